The van der Waals surface area contributed by atoms with Crippen molar-refractivity contribution >= 4 is 16.7 Å². The van der Waals surface area contributed by atoms with Gasteiger partial charge < -0.3 is 4.42 Å². The van der Waals surface area contributed by atoms with Gasteiger partial charge in [0.25, 0.3) is 5.69 Å². The molecular formula is C17H13NO4. The molecule has 0 radical (unpaired) electrons. The number of benzene rings is 2. The van der Waals surface area contributed by atoms with Gasteiger partial charge in [-0.05, 0) is 37.1 Å². The molecule has 0 aliphatic rings. The molecule has 1 aromatic heterocycles. The zero-order valence-corrected chi connectivity index (χ0v) is 12.1. The van der Waals surface area contributed by atoms with Gasteiger partial charge in [0.05, 0.1) is 10.3 Å². The van der Waals surface area contributed by atoms with Crippen LogP contribution in [-0.2, 0) is 0 Å². The van der Waals surface area contributed by atoms with Crippen LogP contribution in [-0.4, -0.2) is 4.92 Å². The van der Waals surface area contributed by atoms with Crippen LogP contribution in [0.25, 0.3) is 22.3 Å². The van der Waals surface area contributed by atoms with Crippen LogP contribution in [0.1, 0.15) is 11.1 Å². The Bertz CT molecular complexity index is 957. The maximum absolute atomic E-state index is 12.2. The van der Waals surface area contributed by atoms with E-state index in [1.54, 1.807) is 0 Å². The van der Waals surface area contributed by atoms with E-state index in [4.69, 9.17) is 4.42 Å². The molecule has 3 rings (SSSR count). The first kappa shape index (κ1) is 14.0. The normalized spacial score (nSPS) is 10.8. The summed E-state index contributed by atoms with van der Waals surface area (Å²) in [6, 6.07) is 11.2. The summed E-state index contributed by atoms with van der Waals surface area (Å²) >= 11 is 0. The van der Waals surface area contributed by atoms with Crippen LogP contribution in [0, 0.1) is 24.0 Å². The summed E-state index contributed by atoms with van der Waals surface area (Å²) in [6.07, 6.45) is 0. The molecule has 0 bridgehead atoms. The number of hydrogen-bond acceptors (Lipinski definition) is 4. The standard InChI is InChI=1S/C17H13NO4/c1-10-3-4-12(7-11(10)2)17-9-15(19)14-8-13(18(20)21)5-6-16(14)22-17/h3-9H,1-2H3. The van der Waals surface area contributed by atoms with Crippen molar-refractivity contribution in [1.82, 2.24) is 0 Å². The predicted octanol–water partition coefficient (Wildman–Crippen LogP) is 3.99. The van der Waals surface area contributed by atoms with Gasteiger partial charge in [0.2, 0.25) is 0 Å². The number of rotatable bonds is 2. The van der Waals surface area contributed by atoms with E-state index in [1.165, 1.54) is 24.3 Å². The summed E-state index contributed by atoms with van der Waals surface area (Å²) in [4.78, 5) is 22.5. The number of nitrogens with zero attached hydrogens (tertiary/aromatic N) is 1. The van der Waals surface area contributed by atoms with E-state index in [0.717, 1.165) is 16.7 Å². The van der Waals surface area contributed by atoms with Crippen LogP contribution in [0.4, 0.5) is 5.69 Å². The van der Waals surface area contributed by atoms with Gasteiger partial charge >= 0.3 is 0 Å². The third-order valence-electron chi connectivity index (χ3n) is 3.71. The number of nitro groups is 1. The van der Waals surface area contributed by atoms with Crippen LogP contribution in [0.3, 0.4) is 0 Å². The smallest absolute Gasteiger partial charge is 0.270 e. The van der Waals surface area contributed by atoms with Crippen molar-refractivity contribution in [2.75, 3.05) is 0 Å². The zero-order valence-electron chi connectivity index (χ0n) is 12.1. The number of non-ortho nitro benzene ring substituents is 1. The molecule has 110 valence electrons. The summed E-state index contributed by atoms with van der Waals surface area (Å²) in [6.45, 7) is 4.00. The van der Waals surface area contributed by atoms with Gasteiger partial charge in [-0.1, -0.05) is 12.1 Å². The predicted molar refractivity (Wildman–Crippen MR) is 84.0 cm³/mol. The fourth-order valence-electron chi connectivity index (χ4n) is 2.29. The van der Waals surface area contributed by atoms with Crippen LogP contribution in [0.15, 0.2) is 51.7 Å². The molecule has 0 atom stereocenters. The van der Waals surface area contributed by atoms with Gasteiger partial charge in [-0.15, -0.1) is 0 Å². The Balaban J connectivity index is 2.21. The van der Waals surface area contributed by atoms with E-state index in [2.05, 4.69) is 0 Å². The lowest BCUT2D eigenvalue weighted by molar-refractivity contribution is -0.384. The van der Waals surface area contributed by atoms with Gasteiger partial charge in [-0.2, -0.15) is 0 Å². The quantitative estimate of drug-likeness (QED) is 0.529. The Kier molecular flexibility index (Phi) is 3.25. The minimum atomic E-state index is -0.532. The molecule has 0 fully saturated rings. The molecule has 0 spiro atoms. The van der Waals surface area contributed by atoms with Gasteiger partial charge in [0.15, 0.2) is 5.43 Å². The highest BCUT2D eigenvalue weighted by atomic mass is 16.6. The molecule has 5 nitrogen and oxygen atoms in total. The molecule has 1 heterocycles. The Hall–Kier alpha value is -2.95. The first-order valence-electron chi connectivity index (χ1n) is 6.75. The third-order valence-corrected chi connectivity index (χ3v) is 3.71. The van der Waals surface area contributed by atoms with E-state index in [9.17, 15) is 14.9 Å². The fraction of sp³-hybridized carbons (Fsp3) is 0.118. The minimum Gasteiger partial charge on any atom is -0.456 e. The molecule has 0 unspecified atom stereocenters. The first-order valence-corrected chi connectivity index (χ1v) is 6.75. The number of nitro benzene ring substituents is 1. The molecule has 3 aromatic rings. The Morgan fingerprint density at radius 3 is 2.45 bits per heavy atom. The van der Waals surface area contributed by atoms with E-state index in [-0.39, 0.29) is 16.5 Å². The van der Waals surface area contributed by atoms with E-state index in [0.29, 0.717) is 11.3 Å². The fourth-order valence-corrected chi connectivity index (χ4v) is 2.29. The largest absolute Gasteiger partial charge is 0.456 e. The van der Waals surface area contributed by atoms with Crippen molar-refractivity contribution in [2.45, 2.75) is 13.8 Å². The highest BCUT2D eigenvalue weighted by molar-refractivity contribution is 5.81. The molecule has 22 heavy (non-hydrogen) atoms. The minimum absolute atomic E-state index is 0.126. The van der Waals surface area contributed by atoms with E-state index < -0.39 is 4.92 Å². The third kappa shape index (κ3) is 2.37. The molecule has 0 aliphatic carbocycles. The second-order valence-electron chi connectivity index (χ2n) is 5.21. The summed E-state index contributed by atoms with van der Waals surface area (Å²) in [5.74, 6) is 0.453. The molecule has 5 heteroatoms. The van der Waals surface area contributed by atoms with Gasteiger partial charge in [-0.25, -0.2) is 0 Å². The van der Waals surface area contributed by atoms with Crippen molar-refractivity contribution in [1.29, 1.82) is 0 Å². The Morgan fingerprint density at radius 2 is 1.77 bits per heavy atom. The number of hydrogen-bond donors (Lipinski definition) is 0. The molecule has 0 aliphatic heterocycles. The second kappa shape index (κ2) is 5.11. The van der Waals surface area contributed by atoms with Gasteiger partial charge in [-0.3, -0.25) is 14.9 Å². The van der Waals surface area contributed by atoms with Crippen molar-refractivity contribution in [3.05, 3.63) is 73.9 Å². The van der Waals surface area contributed by atoms with Crippen LogP contribution < -0.4 is 5.43 Å². The van der Waals surface area contributed by atoms with Crippen molar-refractivity contribution in [3.63, 3.8) is 0 Å². The Labute approximate surface area is 126 Å². The maximum atomic E-state index is 12.2. The summed E-state index contributed by atoms with van der Waals surface area (Å²) < 4.78 is 5.74. The van der Waals surface area contributed by atoms with Crippen molar-refractivity contribution in [3.8, 4) is 11.3 Å². The van der Waals surface area contributed by atoms with Gasteiger partial charge in [0.1, 0.15) is 11.3 Å². The molecular weight excluding hydrogens is 282 g/mol. The van der Waals surface area contributed by atoms with E-state index in [1.807, 2.05) is 32.0 Å². The highest BCUT2D eigenvalue weighted by Gasteiger charge is 2.12. The van der Waals surface area contributed by atoms with E-state index >= 15 is 0 Å². The summed E-state index contributed by atoms with van der Waals surface area (Å²) in [5.41, 5.74) is 2.98. The van der Waals surface area contributed by atoms with Crippen LogP contribution in [0.2, 0.25) is 0 Å². The summed E-state index contributed by atoms with van der Waals surface area (Å²) in [7, 11) is 0. The SMILES string of the molecule is Cc1ccc(-c2cc(=O)c3cc([N+](=O)[O-])ccc3o2)cc1C. The average Bonchev–Trinajstić information content (AvgIpc) is 2.49. The Morgan fingerprint density at radius 1 is 1.00 bits per heavy atom. The number of aryl methyl sites for hydroxylation is 2. The highest BCUT2D eigenvalue weighted by Crippen LogP contribution is 2.25. The lowest BCUT2D eigenvalue weighted by Gasteiger charge is -2.06. The van der Waals surface area contributed by atoms with Crippen LogP contribution in [0.5, 0.6) is 0 Å². The lowest BCUT2D eigenvalue weighted by Crippen LogP contribution is -2.01. The first-order chi connectivity index (χ1) is 10.5. The van der Waals surface area contributed by atoms with Crippen molar-refractivity contribution < 1.29 is 9.34 Å². The zero-order chi connectivity index (χ0) is 15.9. The maximum Gasteiger partial charge on any atom is 0.270 e. The molecule has 0 N–H and O–H groups in total. The van der Waals surface area contributed by atoms with Gasteiger partial charge in [0, 0.05) is 23.8 Å². The number of fused-ring (bicyclic) bond motifs is 1. The van der Waals surface area contributed by atoms with Crippen molar-refractivity contribution in [2.24, 2.45) is 0 Å². The summed E-state index contributed by atoms with van der Waals surface area (Å²) in [5, 5.41) is 11.0. The topological polar surface area (TPSA) is 73.3 Å². The molecule has 2 aromatic carbocycles. The molecule has 0 amide bonds. The lowest BCUT2D eigenvalue weighted by atomic mass is 10.0. The average molecular weight is 295 g/mol. The second-order valence-corrected chi connectivity index (χ2v) is 5.21. The monoisotopic (exact) mass is 295 g/mol. The van der Waals surface area contributed by atoms with Crippen LogP contribution >= 0.6 is 0 Å². The molecule has 0 saturated carbocycles. The molecule has 0 saturated heterocycles.